The summed E-state index contributed by atoms with van der Waals surface area (Å²) < 4.78 is 35.3. The van der Waals surface area contributed by atoms with Gasteiger partial charge in [-0.2, -0.15) is 0 Å². The number of methoxy groups -OCH3 is 2. The first-order valence-electron chi connectivity index (χ1n) is 20.2. The smallest absolute Gasteiger partial charge is 0.409 e. The van der Waals surface area contributed by atoms with Gasteiger partial charge in [0.2, 0.25) is 23.6 Å². The topological polar surface area (TPSA) is 209 Å². The number of amides is 5. The molecule has 0 spiro atoms. The van der Waals surface area contributed by atoms with Crippen molar-refractivity contribution in [1.82, 2.24) is 15.5 Å². The van der Waals surface area contributed by atoms with E-state index in [0.717, 1.165) is 16.0 Å². The second-order valence-electron chi connectivity index (χ2n) is 16.2. The van der Waals surface area contributed by atoms with Gasteiger partial charge < -0.3 is 43.7 Å². The van der Waals surface area contributed by atoms with Gasteiger partial charge in [-0.05, 0) is 58.7 Å². The number of ether oxygens (including phenoxy) is 6. The maximum absolute atomic E-state index is 14.2. The SMILES string of the molecule is CCNC(=O)CCN1C(=O)CC(SCCO[C@@H](C)C(=O)O[C@H]2CC(=O)N(C)c3cc(cc(OC)c3Cl)C/C(C)=C/C=C/[C@@H](OC)[C@@]3(O)C[C@H](OC(=O)N3)C3(C)C[C@@]2(C)O3)C1=O. The number of aliphatic hydroxyl groups is 1. The minimum absolute atomic E-state index is 0.00298. The van der Waals surface area contributed by atoms with Gasteiger partial charge in [-0.1, -0.05) is 35.4 Å². The lowest BCUT2D eigenvalue weighted by Gasteiger charge is -2.59. The van der Waals surface area contributed by atoms with Gasteiger partial charge in [0.05, 0.1) is 31.1 Å². The molecule has 1 aromatic carbocycles. The van der Waals surface area contributed by atoms with E-state index in [1.165, 1.54) is 37.8 Å². The number of carbonyl (C=O) groups is 6. The van der Waals surface area contributed by atoms with Gasteiger partial charge >= 0.3 is 12.1 Å². The number of hydrogen-bond donors (Lipinski definition) is 3. The number of imide groups is 1. The fourth-order valence-corrected chi connectivity index (χ4v) is 9.46. The Bertz CT molecular complexity index is 1920. The van der Waals surface area contributed by atoms with Crippen LogP contribution in [0.15, 0.2) is 35.9 Å². The van der Waals surface area contributed by atoms with Crippen LogP contribution in [0.1, 0.15) is 72.3 Å². The van der Waals surface area contributed by atoms with Crippen LogP contribution < -0.4 is 20.3 Å². The number of fused-ring (bicyclic) bond motifs is 6. The predicted molar refractivity (Wildman–Crippen MR) is 225 cm³/mol. The van der Waals surface area contributed by atoms with Crippen LogP contribution in [0.5, 0.6) is 5.75 Å². The van der Waals surface area contributed by atoms with Crippen LogP contribution in [-0.2, 0) is 54.1 Å². The summed E-state index contributed by atoms with van der Waals surface area (Å²) in [5.41, 5.74) is -2.28. The van der Waals surface area contributed by atoms with Gasteiger partial charge in [0.25, 0.3) is 0 Å². The van der Waals surface area contributed by atoms with Crippen molar-refractivity contribution in [1.29, 1.82) is 0 Å². The number of anilines is 1. The van der Waals surface area contributed by atoms with Gasteiger partial charge in [0, 0.05) is 58.7 Å². The lowest BCUT2D eigenvalue weighted by molar-refractivity contribution is -0.328. The highest BCUT2D eigenvalue weighted by atomic mass is 35.5. The molecular formula is C42H57ClN4O13S. The molecule has 2 unspecified atom stereocenters. The number of allylic oxidation sites excluding steroid dienone is 3. The summed E-state index contributed by atoms with van der Waals surface area (Å²) in [5, 5.41) is 16.5. The number of thioether (sulfide) groups is 1. The summed E-state index contributed by atoms with van der Waals surface area (Å²) in [4.78, 5) is 80.5. The van der Waals surface area contributed by atoms with Crippen molar-refractivity contribution in [3.63, 3.8) is 0 Å². The molecule has 336 valence electrons. The Labute approximate surface area is 365 Å². The summed E-state index contributed by atoms with van der Waals surface area (Å²) >= 11 is 7.99. The van der Waals surface area contributed by atoms with Crippen molar-refractivity contribution in [2.45, 2.75) is 120 Å². The Balaban J connectivity index is 1.34. The molecule has 8 atom stereocenters. The zero-order valence-electron chi connectivity index (χ0n) is 35.9. The molecule has 5 amide bonds. The molecule has 6 bridgehead atoms. The normalized spacial score (nSPS) is 31.3. The quantitative estimate of drug-likeness (QED) is 0.147. The van der Waals surface area contributed by atoms with E-state index in [1.807, 2.05) is 13.0 Å². The Kier molecular flexibility index (Phi) is 15.6. The summed E-state index contributed by atoms with van der Waals surface area (Å²) in [6, 6.07) is 3.55. The van der Waals surface area contributed by atoms with Crippen LogP contribution in [0.4, 0.5) is 10.5 Å². The molecule has 1 aromatic rings. The number of benzene rings is 1. The average Bonchev–Trinajstić information content (AvgIpc) is 3.46. The molecule has 3 N–H and O–H groups in total. The molecule has 5 aliphatic heterocycles. The Hall–Kier alpha value is -4.20. The molecule has 19 heteroatoms. The lowest BCUT2D eigenvalue weighted by atomic mass is 9.72. The molecule has 0 saturated carbocycles. The van der Waals surface area contributed by atoms with Crippen LogP contribution in [0.2, 0.25) is 5.02 Å². The lowest BCUT2D eigenvalue weighted by Crippen LogP contribution is -2.72. The summed E-state index contributed by atoms with van der Waals surface area (Å²) in [6.45, 7) is 9.06. The van der Waals surface area contributed by atoms with E-state index in [-0.39, 0.29) is 73.8 Å². The Morgan fingerprint density at radius 3 is 2.52 bits per heavy atom. The van der Waals surface area contributed by atoms with Gasteiger partial charge in [-0.25, -0.2) is 9.59 Å². The van der Waals surface area contributed by atoms with Crippen LogP contribution in [0, 0.1) is 0 Å². The van der Waals surface area contributed by atoms with E-state index < -0.39 is 64.6 Å². The standard InChI is InChI=1S/C42H57ClN4O13S/c1-9-44-33(48)13-14-47-35(50)20-29(37(47)51)61-16-15-57-25(3)38(52)58-31-21-34(49)46(6)27-18-26(19-28(55-7)36(27)43)17-24(2)11-10-12-30(56-8)42(54)22-32(59-39(53)45-42)41(5)23-40(31,4)60-41/h10-12,18-19,25,29-32,54H,9,13-17,20-23H2,1-8H3,(H,44,48)(H,45,53)/b12-10+,24-11+/t25-,29?,30+,31-,32-,40+,41?,42-/m0/s1. The minimum atomic E-state index is -1.88. The Morgan fingerprint density at radius 1 is 1.13 bits per heavy atom. The van der Waals surface area contributed by atoms with Crippen LogP contribution >= 0.6 is 23.4 Å². The second-order valence-corrected chi connectivity index (χ2v) is 17.8. The van der Waals surface area contributed by atoms with E-state index in [2.05, 4.69) is 10.6 Å². The molecule has 0 radical (unpaired) electrons. The van der Waals surface area contributed by atoms with Gasteiger partial charge in [0.1, 0.15) is 40.3 Å². The number of nitrogens with one attached hydrogen (secondary N) is 2. The van der Waals surface area contributed by atoms with Crippen LogP contribution in [0.25, 0.3) is 0 Å². The number of esters is 1. The molecule has 61 heavy (non-hydrogen) atoms. The fraction of sp³-hybridized carbons (Fsp3) is 0.619. The van der Waals surface area contributed by atoms with Crippen molar-refractivity contribution in [3.05, 3.63) is 46.5 Å². The number of carbonyl (C=O) groups excluding carboxylic acids is 6. The fourth-order valence-electron chi connectivity index (χ4n) is 8.13. The highest BCUT2D eigenvalue weighted by Gasteiger charge is 2.63. The maximum Gasteiger partial charge on any atom is 0.409 e. The third kappa shape index (κ3) is 11.1. The third-order valence-corrected chi connectivity index (χ3v) is 12.9. The third-order valence-electron chi connectivity index (χ3n) is 11.4. The number of hydrogen-bond acceptors (Lipinski definition) is 14. The number of halogens is 1. The van der Waals surface area contributed by atoms with E-state index in [9.17, 15) is 33.9 Å². The van der Waals surface area contributed by atoms with Crippen LogP contribution in [-0.4, -0.2) is 139 Å². The first kappa shape index (κ1) is 47.8. The zero-order chi connectivity index (χ0) is 44.9. The predicted octanol–water partition coefficient (Wildman–Crippen LogP) is 3.60. The van der Waals surface area contributed by atoms with Gasteiger partial charge in [-0.3, -0.25) is 29.4 Å². The monoisotopic (exact) mass is 892 g/mol. The van der Waals surface area contributed by atoms with E-state index in [0.29, 0.717) is 24.4 Å². The second kappa shape index (κ2) is 19.9. The van der Waals surface area contributed by atoms with E-state index >= 15 is 0 Å². The van der Waals surface area contributed by atoms with E-state index in [1.54, 1.807) is 52.1 Å². The molecule has 17 nitrogen and oxygen atoms in total. The summed E-state index contributed by atoms with van der Waals surface area (Å²) in [6.07, 6.45) is 0.207. The molecular weight excluding hydrogens is 836 g/mol. The molecule has 6 rings (SSSR count). The van der Waals surface area contributed by atoms with Crippen molar-refractivity contribution >= 4 is 64.7 Å². The molecule has 3 saturated heterocycles. The van der Waals surface area contributed by atoms with Crippen molar-refractivity contribution < 1.29 is 62.3 Å². The summed E-state index contributed by atoms with van der Waals surface area (Å²) in [5.74, 6) is -1.60. The minimum Gasteiger partial charge on any atom is -0.495 e. The Morgan fingerprint density at radius 2 is 1.85 bits per heavy atom. The highest BCUT2D eigenvalue weighted by molar-refractivity contribution is 8.00. The zero-order valence-corrected chi connectivity index (χ0v) is 37.4. The molecule has 0 aromatic heterocycles. The first-order chi connectivity index (χ1) is 28.8. The van der Waals surface area contributed by atoms with Crippen molar-refractivity contribution in [2.24, 2.45) is 0 Å². The number of alkyl carbamates (subject to hydrolysis) is 1. The first-order valence-corrected chi connectivity index (χ1v) is 21.6. The number of rotatable bonds is 13. The average molecular weight is 893 g/mol. The molecule has 3 fully saturated rings. The van der Waals surface area contributed by atoms with E-state index in [4.69, 9.17) is 40.0 Å². The maximum atomic E-state index is 14.2. The van der Waals surface area contributed by atoms with Crippen molar-refractivity contribution in [2.75, 3.05) is 51.6 Å². The highest BCUT2D eigenvalue weighted by Crippen LogP contribution is 2.50. The molecule has 0 aliphatic carbocycles. The van der Waals surface area contributed by atoms with Crippen molar-refractivity contribution in [3.8, 4) is 5.75 Å². The van der Waals surface area contributed by atoms with Gasteiger partial charge in [-0.15, -0.1) is 11.8 Å². The summed E-state index contributed by atoms with van der Waals surface area (Å²) in [7, 11) is 4.45. The van der Waals surface area contributed by atoms with Crippen LogP contribution in [0.3, 0.4) is 0 Å². The number of likely N-dealkylation sites (tertiary alicyclic amines) is 1. The number of nitrogens with zero attached hydrogens (tertiary/aromatic N) is 2. The molecule has 5 aliphatic rings. The van der Waals surface area contributed by atoms with Gasteiger partial charge in [0.15, 0.2) is 11.8 Å². The largest absolute Gasteiger partial charge is 0.495 e. The molecule has 5 heterocycles.